The van der Waals surface area contributed by atoms with Gasteiger partial charge in [0.1, 0.15) is 6.04 Å². The average Bonchev–Trinajstić information content (AvgIpc) is 2.64. The molecule has 132 valence electrons. The van der Waals surface area contributed by atoms with Gasteiger partial charge in [0.05, 0.1) is 5.69 Å². The van der Waals surface area contributed by atoms with Crippen molar-refractivity contribution in [3.63, 3.8) is 0 Å². The summed E-state index contributed by atoms with van der Waals surface area (Å²) in [5, 5.41) is 7.32. The summed E-state index contributed by atoms with van der Waals surface area (Å²) in [5.41, 5.74) is 3.02. The van der Waals surface area contributed by atoms with Crippen LogP contribution in [0.15, 0.2) is 71.5 Å². The SMILES string of the molecule is CCC(C(=O)Nc1cccc(C)c1)n1nc(-c2ccccc2)ccc1=O. The molecule has 0 aliphatic rings. The van der Waals surface area contributed by atoms with Crippen LogP contribution in [0, 0.1) is 6.92 Å². The van der Waals surface area contributed by atoms with E-state index >= 15 is 0 Å². The molecule has 26 heavy (non-hydrogen) atoms. The fraction of sp³-hybridized carbons (Fsp3) is 0.190. The van der Waals surface area contributed by atoms with Gasteiger partial charge in [0.25, 0.3) is 5.56 Å². The van der Waals surface area contributed by atoms with Crippen LogP contribution in [0.3, 0.4) is 0 Å². The maximum absolute atomic E-state index is 12.7. The van der Waals surface area contributed by atoms with Gasteiger partial charge in [-0.15, -0.1) is 0 Å². The first-order chi connectivity index (χ1) is 12.6. The third kappa shape index (κ3) is 3.88. The number of benzene rings is 2. The van der Waals surface area contributed by atoms with Crippen molar-refractivity contribution in [1.29, 1.82) is 0 Å². The molecule has 0 aliphatic carbocycles. The molecule has 0 aliphatic heterocycles. The molecule has 1 heterocycles. The first-order valence-corrected chi connectivity index (χ1v) is 8.61. The van der Waals surface area contributed by atoms with Gasteiger partial charge in [-0.05, 0) is 37.1 Å². The smallest absolute Gasteiger partial charge is 0.267 e. The van der Waals surface area contributed by atoms with Gasteiger partial charge in [-0.3, -0.25) is 9.59 Å². The van der Waals surface area contributed by atoms with Crippen LogP contribution >= 0.6 is 0 Å². The molecule has 1 amide bonds. The molecule has 0 spiro atoms. The molecule has 0 bridgehead atoms. The lowest BCUT2D eigenvalue weighted by Crippen LogP contribution is -2.34. The Kier molecular flexibility index (Phi) is 5.27. The summed E-state index contributed by atoms with van der Waals surface area (Å²) in [7, 11) is 0. The maximum Gasteiger partial charge on any atom is 0.267 e. The summed E-state index contributed by atoms with van der Waals surface area (Å²) in [6.45, 7) is 3.83. The number of nitrogens with one attached hydrogen (secondary N) is 1. The van der Waals surface area contributed by atoms with Crippen LogP contribution in [0.5, 0.6) is 0 Å². The van der Waals surface area contributed by atoms with Gasteiger partial charge < -0.3 is 5.32 Å². The van der Waals surface area contributed by atoms with Crippen LogP contribution in [-0.4, -0.2) is 15.7 Å². The number of nitrogens with zero attached hydrogens (tertiary/aromatic N) is 2. The number of anilines is 1. The van der Waals surface area contributed by atoms with Gasteiger partial charge >= 0.3 is 0 Å². The van der Waals surface area contributed by atoms with Crippen LogP contribution in [0.4, 0.5) is 5.69 Å². The van der Waals surface area contributed by atoms with Crippen LogP contribution in [-0.2, 0) is 4.79 Å². The van der Waals surface area contributed by atoms with Gasteiger partial charge in [0, 0.05) is 17.3 Å². The van der Waals surface area contributed by atoms with E-state index in [0.29, 0.717) is 17.8 Å². The van der Waals surface area contributed by atoms with Crippen molar-refractivity contribution >= 4 is 11.6 Å². The van der Waals surface area contributed by atoms with E-state index in [-0.39, 0.29) is 11.5 Å². The molecule has 2 aromatic carbocycles. The highest BCUT2D eigenvalue weighted by atomic mass is 16.2. The van der Waals surface area contributed by atoms with E-state index in [4.69, 9.17) is 0 Å². The minimum absolute atomic E-state index is 0.252. The van der Waals surface area contributed by atoms with Crippen molar-refractivity contribution < 1.29 is 4.79 Å². The maximum atomic E-state index is 12.7. The summed E-state index contributed by atoms with van der Waals surface area (Å²) in [6.07, 6.45) is 0.461. The zero-order valence-electron chi connectivity index (χ0n) is 14.8. The van der Waals surface area contributed by atoms with E-state index < -0.39 is 6.04 Å². The largest absolute Gasteiger partial charge is 0.324 e. The predicted molar refractivity (Wildman–Crippen MR) is 103 cm³/mol. The van der Waals surface area contributed by atoms with Gasteiger partial charge in [-0.2, -0.15) is 5.10 Å². The number of amides is 1. The first-order valence-electron chi connectivity index (χ1n) is 8.61. The Morgan fingerprint density at radius 3 is 2.54 bits per heavy atom. The standard InChI is InChI=1S/C21H21N3O2/c1-3-19(21(26)22-17-11-7-8-15(2)14-17)24-20(25)13-12-18(23-24)16-9-5-4-6-10-16/h4-14,19H,3H2,1-2H3,(H,22,26). The molecule has 1 aromatic heterocycles. The van der Waals surface area contributed by atoms with Crippen LogP contribution < -0.4 is 10.9 Å². The number of carbonyl (C=O) groups excluding carboxylic acids is 1. The molecule has 5 nitrogen and oxygen atoms in total. The summed E-state index contributed by atoms with van der Waals surface area (Å²) in [5.74, 6) is -0.252. The van der Waals surface area contributed by atoms with Crippen LogP contribution in [0.1, 0.15) is 24.9 Å². The van der Waals surface area contributed by atoms with Gasteiger partial charge in [-0.25, -0.2) is 4.68 Å². The molecule has 0 saturated heterocycles. The molecule has 0 radical (unpaired) electrons. The van der Waals surface area contributed by atoms with Crippen molar-refractivity contribution in [3.8, 4) is 11.3 Å². The average molecular weight is 347 g/mol. The number of rotatable bonds is 5. The molecule has 3 aromatic rings. The molecule has 1 unspecified atom stereocenters. The van der Waals surface area contributed by atoms with Crippen molar-refractivity contribution in [2.24, 2.45) is 0 Å². The predicted octanol–water partition coefficient (Wildman–Crippen LogP) is 3.81. The first kappa shape index (κ1) is 17.6. The Morgan fingerprint density at radius 1 is 1.08 bits per heavy atom. The molecule has 0 fully saturated rings. The summed E-state index contributed by atoms with van der Waals surface area (Å²) >= 11 is 0. The molecule has 1 N–H and O–H groups in total. The quantitative estimate of drug-likeness (QED) is 0.763. The van der Waals surface area contributed by atoms with Gasteiger partial charge in [-0.1, -0.05) is 49.4 Å². The zero-order chi connectivity index (χ0) is 18.5. The highest BCUT2D eigenvalue weighted by molar-refractivity contribution is 5.93. The van der Waals surface area contributed by atoms with E-state index in [2.05, 4.69) is 10.4 Å². The Hall–Kier alpha value is -3.21. The summed E-state index contributed by atoms with van der Waals surface area (Å²) in [6, 6.07) is 19.6. The highest BCUT2D eigenvalue weighted by Gasteiger charge is 2.21. The van der Waals surface area contributed by atoms with E-state index in [1.165, 1.54) is 10.7 Å². The van der Waals surface area contributed by atoms with E-state index in [1.807, 2.05) is 68.4 Å². The Balaban J connectivity index is 1.92. The van der Waals surface area contributed by atoms with Gasteiger partial charge in [0.2, 0.25) is 5.91 Å². The fourth-order valence-corrected chi connectivity index (χ4v) is 2.83. The van der Waals surface area contributed by atoms with Crippen molar-refractivity contribution in [2.75, 3.05) is 5.32 Å². The minimum Gasteiger partial charge on any atom is -0.324 e. The molecule has 3 rings (SSSR count). The highest BCUT2D eigenvalue weighted by Crippen LogP contribution is 2.18. The topological polar surface area (TPSA) is 64.0 Å². The minimum atomic E-state index is -0.674. The van der Waals surface area contributed by atoms with E-state index in [0.717, 1.165) is 11.1 Å². The molecular weight excluding hydrogens is 326 g/mol. The van der Waals surface area contributed by atoms with Crippen LogP contribution in [0.2, 0.25) is 0 Å². The second-order valence-corrected chi connectivity index (χ2v) is 6.15. The van der Waals surface area contributed by atoms with Gasteiger partial charge in [0.15, 0.2) is 0 Å². The molecule has 5 heteroatoms. The van der Waals surface area contributed by atoms with Crippen molar-refractivity contribution in [2.45, 2.75) is 26.3 Å². The monoisotopic (exact) mass is 347 g/mol. The van der Waals surface area contributed by atoms with Crippen molar-refractivity contribution in [3.05, 3.63) is 82.6 Å². The number of hydrogen-bond acceptors (Lipinski definition) is 3. The van der Waals surface area contributed by atoms with E-state index in [9.17, 15) is 9.59 Å². The Bertz CT molecular complexity index is 964. The fourth-order valence-electron chi connectivity index (χ4n) is 2.83. The molecule has 0 saturated carbocycles. The normalized spacial score (nSPS) is 11.8. The second-order valence-electron chi connectivity index (χ2n) is 6.15. The lowest BCUT2D eigenvalue weighted by Gasteiger charge is -2.17. The molecule has 1 atom stereocenters. The number of carbonyl (C=O) groups is 1. The van der Waals surface area contributed by atoms with E-state index in [1.54, 1.807) is 6.07 Å². The lowest BCUT2D eigenvalue weighted by molar-refractivity contribution is -0.119. The second kappa shape index (κ2) is 7.78. The Labute approximate surface area is 152 Å². The zero-order valence-corrected chi connectivity index (χ0v) is 14.8. The lowest BCUT2D eigenvalue weighted by atomic mass is 10.1. The summed E-state index contributed by atoms with van der Waals surface area (Å²) < 4.78 is 1.27. The third-order valence-electron chi connectivity index (χ3n) is 4.16. The third-order valence-corrected chi connectivity index (χ3v) is 4.16. The number of hydrogen-bond donors (Lipinski definition) is 1. The number of aryl methyl sites for hydroxylation is 1. The summed E-state index contributed by atoms with van der Waals surface area (Å²) in [4.78, 5) is 25.1. The van der Waals surface area contributed by atoms with Crippen molar-refractivity contribution in [1.82, 2.24) is 9.78 Å². The number of aromatic nitrogens is 2. The molecular formula is C21H21N3O2. The van der Waals surface area contributed by atoms with Crippen LogP contribution in [0.25, 0.3) is 11.3 Å². The Morgan fingerprint density at radius 2 is 1.85 bits per heavy atom.